The van der Waals surface area contributed by atoms with E-state index in [9.17, 15) is 19.5 Å². The van der Waals surface area contributed by atoms with Crippen LogP contribution in [0.2, 0.25) is 0 Å². The molecular formula is C25H39N3O5. The van der Waals surface area contributed by atoms with Crippen molar-refractivity contribution in [2.75, 3.05) is 6.61 Å². The number of nitrogens with one attached hydrogen (secondary N) is 2. The summed E-state index contributed by atoms with van der Waals surface area (Å²) in [5.41, 5.74) is 1.41. The van der Waals surface area contributed by atoms with Gasteiger partial charge in [0.15, 0.2) is 0 Å². The molecule has 1 saturated carbocycles. The van der Waals surface area contributed by atoms with Crippen molar-refractivity contribution in [1.82, 2.24) is 15.5 Å². The smallest absolute Gasteiger partial charge is 0.408 e. The first-order valence-corrected chi connectivity index (χ1v) is 11.4. The molecule has 2 rings (SSSR count). The molecule has 1 fully saturated rings. The van der Waals surface area contributed by atoms with Crippen molar-refractivity contribution in [1.29, 1.82) is 0 Å². The van der Waals surface area contributed by atoms with Crippen LogP contribution in [-0.2, 0) is 14.3 Å². The van der Waals surface area contributed by atoms with Gasteiger partial charge in [0.1, 0.15) is 17.7 Å². The van der Waals surface area contributed by atoms with Gasteiger partial charge in [0.2, 0.25) is 11.8 Å². The Kier molecular flexibility index (Phi) is 8.17. The number of benzene rings is 1. The lowest BCUT2D eigenvalue weighted by molar-refractivity contribution is -0.144. The number of aryl methyl sites for hydroxylation is 2. The number of carbonyl (C=O) groups excluding carboxylic acids is 3. The lowest BCUT2D eigenvalue weighted by Gasteiger charge is -2.36. The van der Waals surface area contributed by atoms with Gasteiger partial charge in [-0.25, -0.2) is 4.79 Å². The van der Waals surface area contributed by atoms with Crippen LogP contribution in [0, 0.1) is 13.8 Å². The Bertz CT molecular complexity index is 881. The van der Waals surface area contributed by atoms with Crippen molar-refractivity contribution in [3.63, 3.8) is 0 Å². The highest BCUT2D eigenvalue weighted by Gasteiger charge is 2.44. The third kappa shape index (κ3) is 7.74. The van der Waals surface area contributed by atoms with Gasteiger partial charge in [-0.3, -0.25) is 9.59 Å². The number of hydrogen-bond acceptors (Lipinski definition) is 5. The molecule has 184 valence electrons. The molecule has 33 heavy (non-hydrogen) atoms. The van der Waals surface area contributed by atoms with Crippen molar-refractivity contribution < 1.29 is 24.2 Å². The molecule has 0 aromatic heterocycles. The molecule has 0 aliphatic heterocycles. The van der Waals surface area contributed by atoms with Crippen LogP contribution >= 0.6 is 0 Å². The van der Waals surface area contributed by atoms with Crippen molar-refractivity contribution in [2.45, 2.75) is 97.5 Å². The van der Waals surface area contributed by atoms with Crippen LogP contribution in [0.15, 0.2) is 18.2 Å². The second kappa shape index (κ2) is 10.1. The van der Waals surface area contributed by atoms with Gasteiger partial charge in [-0.05, 0) is 79.4 Å². The molecule has 0 spiro atoms. The quantitative estimate of drug-likeness (QED) is 0.578. The summed E-state index contributed by atoms with van der Waals surface area (Å²) in [5, 5.41) is 15.4. The van der Waals surface area contributed by atoms with Crippen LogP contribution in [0.25, 0.3) is 0 Å². The lowest BCUT2D eigenvalue weighted by atomic mass is 9.95. The molecule has 0 heterocycles. The van der Waals surface area contributed by atoms with Gasteiger partial charge < -0.3 is 25.4 Å². The summed E-state index contributed by atoms with van der Waals surface area (Å²) in [6, 6.07) is 3.50. The number of carbonyl (C=O) groups is 3. The highest BCUT2D eigenvalue weighted by molar-refractivity contribution is 5.93. The minimum atomic E-state index is -1.23. The molecule has 2 unspecified atom stereocenters. The van der Waals surface area contributed by atoms with E-state index in [4.69, 9.17) is 4.74 Å². The Morgan fingerprint density at radius 1 is 1.12 bits per heavy atom. The van der Waals surface area contributed by atoms with Crippen molar-refractivity contribution >= 4 is 17.9 Å². The fraction of sp³-hybridized carbons (Fsp3) is 0.640. The Labute approximate surface area is 197 Å². The van der Waals surface area contributed by atoms with E-state index in [1.54, 1.807) is 20.8 Å². The zero-order valence-electron chi connectivity index (χ0n) is 21.1. The van der Waals surface area contributed by atoms with E-state index in [2.05, 4.69) is 10.6 Å². The number of aliphatic hydroxyl groups is 1. The average Bonchev–Trinajstić information content (AvgIpc) is 3.46. The van der Waals surface area contributed by atoms with Crippen molar-refractivity contribution in [3.8, 4) is 0 Å². The molecule has 0 bridgehead atoms. The Morgan fingerprint density at radius 2 is 1.73 bits per heavy atom. The van der Waals surface area contributed by atoms with Gasteiger partial charge in [-0.2, -0.15) is 0 Å². The predicted molar refractivity (Wildman–Crippen MR) is 127 cm³/mol. The Hall–Kier alpha value is -2.61. The molecule has 8 heteroatoms. The maximum absolute atomic E-state index is 13.6. The van der Waals surface area contributed by atoms with E-state index < -0.39 is 41.8 Å². The second-order valence-corrected chi connectivity index (χ2v) is 10.9. The molecule has 1 aliphatic rings. The second-order valence-electron chi connectivity index (χ2n) is 10.9. The maximum atomic E-state index is 13.6. The number of aliphatic hydroxyl groups excluding tert-OH is 1. The van der Waals surface area contributed by atoms with E-state index in [0.717, 1.165) is 29.5 Å². The summed E-state index contributed by atoms with van der Waals surface area (Å²) in [5.74, 6) is -0.816. The SMILES string of the molecule is Cc1ccc(C(C(=O)NC(C)(C)C)N(C(=O)C(CO)NC(=O)OC(C)(C)C)C2CC2)c(C)c1. The molecule has 0 saturated heterocycles. The summed E-state index contributed by atoms with van der Waals surface area (Å²) in [4.78, 5) is 41.0. The summed E-state index contributed by atoms with van der Waals surface area (Å²) >= 11 is 0. The molecule has 1 aliphatic carbocycles. The first-order chi connectivity index (χ1) is 15.1. The van der Waals surface area contributed by atoms with Crippen LogP contribution in [0.1, 0.15) is 77.1 Å². The molecule has 8 nitrogen and oxygen atoms in total. The number of ether oxygens (including phenoxy) is 1. The number of rotatable bonds is 7. The van der Waals surface area contributed by atoms with Gasteiger partial charge in [0, 0.05) is 11.6 Å². The van der Waals surface area contributed by atoms with Gasteiger partial charge in [0.05, 0.1) is 6.61 Å². The fourth-order valence-electron chi connectivity index (χ4n) is 3.67. The molecule has 1 aromatic carbocycles. The number of amides is 3. The zero-order valence-corrected chi connectivity index (χ0v) is 21.1. The summed E-state index contributed by atoms with van der Waals surface area (Å²) in [6.45, 7) is 14.1. The summed E-state index contributed by atoms with van der Waals surface area (Å²) in [7, 11) is 0. The summed E-state index contributed by atoms with van der Waals surface area (Å²) < 4.78 is 5.26. The van der Waals surface area contributed by atoms with Gasteiger partial charge in [0.25, 0.3) is 0 Å². The summed E-state index contributed by atoms with van der Waals surface area (Å²) in [6.07, 6.45) is 0.703. The topological polar surface area (TPSA) is 108 Å². The Morgan fingerprint density at radius 3 is 2.18 bits per heavy atom. The van der Waals surface area contributed by atoms with Crippen LogP contribution in [-0.4, -0.2) is 57.7 Å². The van der Waals surface area contributed by atoms with Crippen molar-refractivity contribution in [3.05, 3.63) is 34.9 Å². The predicted octanol–water partition coefficient (Wildman–Crippen LogP) is 3.14. The standard InChI is InChI=1S/C25H39N3O5/c1-15-9-12-18(16(2)13-15)20(21(30)27-24(3,4)5)28(17-10-11-17)22(31)19(14-29)26-23(32)33-25(6,7)8/h9,12-13,17,19-20,29H,10-11,14H2,1-8H3,(H,26,32)(H,27,30). The molecule has 3 N–H and O–H groups in total. The molecular weight excluding hydrogens is 422 g/mol. The first kappa shape index (κ1) is 26.6. The first-order valence-electron chi connectivity index (χ1n) is 11.4. The minimum absolute atomic E-state index is 0.150. The third-order valence-electron chi connectivity index (χ3n) is 5.11. The largest absolute Gasteiger partial charge is 0.444 e. The van der Waals surface area contributed by atoms with Crippen molar-refractivity contribution in [2.24, 2.45) is 0 Å². The van der Waals surface area contributed by atoms with E-state index in [0.29, 0.717) is 0 Å². The van der Waals surface area contributed by atoms with Crippen LogP contribution in [0.5, 0.6) is 0 Å². The van der Waals surface area contributed by atoms with Crippen LogP contribution in [0.3, 0.4) is 0 Å². The molecule has 2 atom stereocenters. The fourth-order valence-corrected chi connectivity index (χ4v) is 3.67. The van der Waals surface area contributed by atoms with Gasteiger partial charge in [-0.15, -0.1) is 0 Å². The third-order valence-corrected chi connectivity index (χ3v) is 5.11. The van der Waals surface area contributed by atoms with E-state index in [1.165, 1.54) is 4.90 Å². The zero-order chi connectivity index (χ0) is 25.1. The maximum Gasteiger partial charge on any atom is 0.408 e. The highest BCUT2D eigenvalue weighted by atomic mass is 16.6. The molecule has 1 aromatic rings. The minimum Gasteiger partial charge on any atom is -0.444 e. The molecule has 0 radical (unpaired) electrons. The van der Waals surface area contributed by atoms with Gasteiger partial charge in [-0.1, -0.05) is 23.8 Å². The van der Waals surface area contributed by atoms with E-state index in [1.807, 2.05) is 52.8 Å². The lowest BCUT2D eigenvalue weighted by Crippen LogP contribution is -2.56. The molecule has 3 amide bonds. The Balaban J connectivity index is 2.45. The van der Waals surface area contributed by atoms with Gasteiger partial charge >= 0.3 is 6.09 Å². The van der Waals surface area contributed by atoms with E-state index in [-0.39, 0.29) is 11.9 Å². The van der Waals surface area contributed by atoms with Crippen LogP contribution in [0.4, 0.5) is 4.79 Å². The number of alkyl carbamates (subject to hydrolysis) is 1. The van der Waals surface area contributed by atoms with Crippen LogP contribution < -0.4 is 10.6 Å². The normalized spacial score (nSPS) is 15.9. The van der Waals surface area contributed by atoms with E-state index >= 15 is 0 Å². The number of nitrogens with zero attached hydrogens (tertiary/aromatic N) is 1. The average molecular weight is 462 g/mol. The number of hydrogen-bond donors (Lipinski definition) is 3. The monoisotopic (exact) mass is 461 g/mol. The highest BCUT2D eigenvalue weighted by Crippen LogP contribution is 2.37.